The van der Waals surface area contributed by atoms with Crippen LogP contribution in [0.1, 0.15) is 24.5 Å². The molecule has 0 fully saturated rings. The highest BCUT2D eigenvalue weighted by Gasteiger charge is 1.99. The van der Waals surface area contributed by atoms with Crippen LogP contribution in [0, 0.1) is 11.8 Å². The molecular weight excluding hydrogens is 214 g/mol. The van der Waals surface area contributed by atoms with Crippen molar-refractivity contribution in [2.45, 2.75) is 19.9 Å². The zero-order chi connectivity index (χ0) is 12.5. The maximum atomic E-state index is 8.58. The molecule has 4 heteroatoms. The second-order valence-corrected chi connectivity index (χ2v) is 3.54. The lowest BCUT2D eigenvalue weighted by molar-refractivity contribution is 0.318. The van der Waals surface area contributed by atoms with E-state index in [1.54, 1.807) is 6.07 Å². The number of nitrogens with two attached hydrogens (primary N) is 1. The smallest absolute Gasteiger partial charge is 0.170 e. The minimum Gasteiger partial charge on any atom is -0.409 e. The number of nitrogens with zero attached hydrogens (tertiary/aromatic N) is 1. The lowest BCUT2D eigenvalue weighted by Gasteiger charge is -2.05. The summed E-state index contributed by atoms with van der Waals surface area (Å²) >= 11 is 0. The van der Waals surface area contributed by atoms with Gasteiger partial charge in [0.25, 0.3) is 0 Å². The number of nitrogens with one attached hydrogen (secondary N) is 1. The third-order valence-electron chi connectivity index (χ3n) is 2.26. The Hall–Kier alpha value is -1.99. The van der Waals surface area contributed by atoms with Crippen LogP contribution >= 0.6 is 0 Å². The molecule has 0 atom stereocenters. The van der Waals surface area contributed by atoms with Crippen molar-refractivity contribution in [3.05, 3.63) is 35.4 Å². The first-order chi connectivity index (χ1) is 8.27. The highest BCUT2D eigenvalue weighted by molar-refractivity contribution is 5.97. The fourth-order valence-corrected chi connectivity index (χ4v) is 1.41. The summed E-state index contributed by atoms with van der Waals surface area (Å²) in [5.41, 5.74) is 7.34. The lowest BCUT2D eigenvalue weighted by Crippen LogP contribution is -2.16. The number of benzene rings is 1. The average molecular weight is 231 g/mol. The summed E-state index contributed by atoms with van der Waals surface area (Å²) < 4.78 is 0. The summed E-state index contributed by atoms with van der Waals surface area (Å²) in [7, 11) is 0. The SMILES string of the molecule is CC#CCCNCc1cccc(/C(N)=N/O)c1. The summed E-state index contributed by atoms with van der Waals surface area (Å²) in [5, 5.41) is 14.8. The Morgan fingerprint density at radius 3 is 3.06 bits per heavy atom. The number of hydrogen-bond acceptors (Lipinski definition) is 3. The summed E-state index contributed by atoms with van der Waals surface area (Å²) in [5.74, 6) is 5.96. The highest BCUT2D eigenvalue weighted by atomic mass is 16.4. The van der Waals surface area contributed by atoms with Gasteiger partial charge in [0.05, 0.1) is 0 Å². The highest BCUT2D eigenvalue weighted by Crippen LogP contribution is 2.04. The number of hydrogen-bond donors (Lipinski definition) is 3. The molecule has 0 saturated heterocycles. The number of amidine groups is 1. The van der Waals surface area contributed by atoms with Crippen LogP contribution < -0.4 is 11.1 Å². The Kier molecular flexibility index (Phi) is 5.62. The van der Waals surface area contributed by atoms with Crippen LogP contribution in [0.15, 0.2) is 29.4 Å². The Balaban J connectivity index is 2.50. The molecule has 0 aliphatic rings. The molecule has 1 rings (SSSR count). The maximum absolute atomic E-state index is 8.58. The minimum atomic E-state index is 0.128. The molecular formula is C13H17N3O. The predicted octanol–water partition coefficient (Wildman–Crippen LogP) is 1.28. The molecule has 0 aliphatic heterocycles. The zero-order valence-electron chi connectivity index (χ0n) is 9.90. The van der Waals surface area contributed by atoms with E-state index in [9.17, 15) is 0 Å². The molecule has 17 heavy (non-hydrogen) atoms. The maximum Gasteiger partial charge on any atom is 0.170 e. The number of rotatable bonds is 5. The van der Waals surface area contributed by atoms with Crippen LogP contribution in [0.2, 0.25) is 0 Å². The summed E-state index contributed by atoms with van der Waals surface area (Å²) in [6.45, 7) is 3.44. The molecule has 4 N–H and O–H groups in total. The largest absolute Gasteiger partial charge is 0.409 e. The third kappa shape index (κ3) is 4.58. The normalized spacial score (nSPS) is 10.8. The second-order valence-electron chi connectivity index (χ2n) is 3.54. The van der Waals surface area contributed by atoms with Crippen LogP contribution in [0.25, 0.3) is 0 Å². The van der Waals surface area contributed by atoms with Crippen LogP contribution in [-0.4, -0.2) is 17.6 Å². The van der Waals surface area contributed by atoms with Crippen molar-refractivity contribution in [1.82, 2.24) is 5.32 Å². The second kappa shape index (κ2) is 7.31. The predicted molar refractivity (Wildman–Crippen MR) is 68.7 cm³/mol. The first kappa shape index (κ1) is 13.1. The van der Waals surface area contributed by atoms with E-state index >= 15 is 0 Å². The van der Waals surface area contributed by atoms with Crippen molar-refractivity contribution in [2.75, 3.05) is 6.54 Å². The molecule has 0 heterocycles. The minimum absolute atomic E-state index is 0.128. The van der Waals surface area contributed by atoms with Crippen molar-refractivity contribution >= 4 is 5.84 Å². The molecule has 0 amide bonds. The third-order valence-corrected chi connectivity index (χ3v) is 2.26. The van der Waals surface area contributed by atoms with Crippen molar-refractivity contribution in [3.63, 3.8) is 0 Å². The summed E-state index contributed by atoms with van der Waals surface area (Å²) in [6.07, 6.45) is 0.844. The Morgan fingerprint density at radius 1 is 1.53 bits per heavy atom. The van der Waals surface area contributed by atoms with E-state index in [2.05, 4.69) is 22.3 Å². The van der Waals surface area contributed by atoms with Gasteiger partial charge in [-0.15, -0.1) is 11.8 Å². The Bertz CT molecular complexity index is 443. The van der Waals surface area contributed by atoms with E-state index in [4.69, 9.17) is 10.9 Å². The molecule has 4 nitrogen and oxygen atoms in total. The summed E-state index contributed by atoms with van der Waals surface area (Å²) in [4.78, 5) is 0. The van der Waals surface area contributed by atoms with Gasteiger partial charge in [-0.05, 0) is 18.6 Å². The number of oxime groups is 1. The van der Waals surface area contributed by atoms with Crippen molar-refractivity contribution < 1.29 is 5.21 Å². The Labute approximate surface area is 102 Å². The zero-order valence-corrected chi connectivity index (χ0v) is 9.90. The average Bonchev–Trinajstić information content (AvgIpc) is 2.38. The van der Waals surface area contributed by atoms with Gasteiger partial charge in [0, 0.05) is 25.1 Å². The molecule has 0 spiro atoms. The van der Waals surface area contributed by atoms with Crippen molar-refractivity contribution in [1.29, 1.82) is 0 Å². The fourth-order valence-electron chi connectivity index (χ4n) is 1.41. The van der Waals surface area contributed by atoms with Crippen molar-refractivity contribution in [3.8, 4) is 11.8 Å². The molecule has 0 aromatic heterocycles. The van der Waals surface area contributed by atoms with E-state index in [1.807, 2.05) is 25.1 Å². The van der Waals surface area contributed by atoms with E-state index in [0.717, 1.165) is 30.6 Å². The van der Waals surface area contributed by atoms with Gasteiger partial charge >= 0.3 is 0 Å². The van der Waals surface area contributed by atoms with Crippen LogP contribution in [0.3, 0.4) is 0 Å². The monoisotopic (exact) mass is 231 g/mol. The lowest BCUT2D eigenvalue weighted by atomic mass is 10.1. The van der Waals surface area contributed by atoms with E-state index in [-0.39, 0.29) is 5.84 Å². The van der Waals surface area contributed by atoms with Crippen LogP contribution in [0.5, 0.6) is 0 Å². The molecule has 1 aromatic carbocycles. The molecule has 0 bridgehead atoms. The molecule has 0 unspecified atom stereocenters. The molecule has 0 radical (unpaired) electrons. The fraction of sp³-hybridized carbons (Fsp3) is 0.308. The molecule has 0 saturated carbocycles. The van der Waals surface area contributed by atoms with Crippen molar-refractivity contribution in [2.24, 2.45) is 10.9 Å². The van der Waals surface area contributed by atoms with E-state index in [1.165, 1.54) is 0 Å². The van der Waals surface area contributed by atoms with Gasteiger partial charge in [0.15, 0.2) is 5.84 Å². The van der Waals surface area contributed by atoms with E-state index in [0.29, 0.717) is 0 Å². The van der Waals surface area contributed by atoms with Gasteiger partial charge in [-0.25, -0.2) is 0 Å². The topological polar surface area (TPSA) is 70.6 Å². The van der Waals surface area contributed by atoms with Gasteiger partial charge in [-0.1, -0.05) is 23.4 Å². The van der Waals surface area contributed by atoms with Gasteiger partial charge in [-0.3, -0.25) is 0 Å². The standard InChI is InChI=1S/C13H17N3O/c1-2-3-4-8-15-10-11-6-5-7-12(9-11)13(14)16-17/h5-7,9,15,17H,4,8,10H2,1H3,(H2,14,16). The van der Waals surface area contributed by atoms with Gasteiger partial charge in [0.1, 0.15) is 0 Å². The molecule has 1 aromatic rings. The van der Waals surface area contributed by atoms with Crippen LogP contribution in [0.4, 0.5) is 0 Å². The van der Waals surface area contributed by atoms with E-state index < -0.39 is 0 Å². The quantitative estimate of drug-likeness (QED) is 0.178. The molecule has 90 valence electrons. The molecule has 0 aliphatic carbocycles. The van der Waals surface area contributed by atoms with Crippen LogP contribution in [-0.2, 0) is 6.54 Å². The Morgan fingerprint density at radius 2 is 2.35 bits per heavy atom. The first-order valence-corrected chi connectivity index (χ1v) is 5.45. The first-order valence-electron chi connectivity index (χ1n) is 5.45. The van der Waals surface area contributed by atoms with Gasteiger partial charge in [-0.2, -0.15) is 0 Å². The van der Waals surface area contributed by atoms with Gasteiger partial charge in [0.2, 0.25) is 0 Å². The summed E-state index contributed by atoms with van der Waals surface area (Å²) in [6, 6.07) is 7.58. The van der Waals surface area contributed by atoms with Gasteiger partial charge < -0.3 is 16.3 Å².